The van der Waals surface area contributed by atoms with Gasteiger partial charge in [-0.1, -0.05) is 36.3 Å². The predicted octanol–water partition coefficient (Wildman–Crippen LogP) is 1.82. The number of halogens is 1. The largest absolute Gasteiger partial charge is 0.344 e. The van der Waals surface area contributed by atoms with E-state index in [1.807, 2.05) is 30.3 Å². The van der Waals surface area contributed by atoms with Crippen LogP contribution < -0.4 is 5.32 Å². The van der Waals surface area contributed by atoms with Crippen LogP contribution >= 0.6 is 0 Å². The quantitative estimate of drug-likeness (QED) is 0.512. The van der Waals surface area contributed by atoms with E-state index in [4.69, 9.17) is 6.42 Å². The molecule has 0 radical (unpaired) electrons. The summed E-state index contributed by atoms with van der Waals surface area (Å²) in [6.45, 7) is 0.262. The van der Waals surface area contributed by atoms with Crippen molar-refractivity contribution in [2.45, 2.75) is 12.8 Å². The molecular weight excluding hydrogens is 333 g/mol. The van der Waals surface area contributed by atoms with E-state index >= 15 is 0 Å². The summed E-state index contributed by atoms with van der Waals surface area (Å²) in [5.41, 5.74) is 0.973. The minimum Gasteiger partial charge on any atom is -0.344 e. The molecule has 5 nitrogen and oxygen atoms in total. The van der Waals surface area contributed by atoms with Crippen LogP contribution in [0.5, 0.6) is 0 Å². The summed E-state index contributed by atoms with van der Waals surface area (Å²) in [4.78, 5) is 27.9. The van der Waals surface area contributed by atoms with Crippen LogP contribution in [0.1, 0.15) is 12.0 Å². The SMILES string of the molecule is C#C/C=C/NC(=O)[C@@H](CC(=O)N(C)CCN(C)CF)Cc1ccccc1. The van der Waals surface area contributed by atoms with Crippen LogP contribution in [0.25, 0.3) is 0 Å². The van der Waals surface area contributed by atoms with Crippen LogP contribution in [0.2, 0.25) is 0 Å². The van der Waals surface area contributed by atoms with Crippen molar-refractivity contribution >= 4 is 11.8 Å². The van der Waals surface area contributed by atoms with E-state index in [2.05, 4.69) is 11.2 Å². The molecule has 0 unspecified atom stereocenters. The zero-order valence-corrected chi connectivity index (χ0v) is 15.3. The third-order valence-corrected chi connectivity index (χ3v) is 3.97. The molecule has 1 atom stereocenters. The number of carbonyl (C=O) groups excluding carboxylic acids is 2. The smallest absolute Gasteiger partial charge is 0.227 e. The summed E-state index contributed by atoms with van der Waals surface area (Å²) < 4.78 is 12.5. The lowest BCUT2D eigenvalue weighted by Gasteiger charge is -2.23. The van der Waals surface area contributed by atoms with Crippen molar-refractivity contribution in [2.75, 3.05) is 34.0 Å². The van der Waals surface area contributed by atoms with Crippen LogP contribution in [0, 0.1) is 18.3 Å². The molecule has 0 aromatic heterocycles. The van der Waals surface area contributed by atoms with Crippen molar-refractivity contribution in [3.8, 4) is 12.3 Å². The first-order valence-electron chi connectivity index (χ1n) is 8.41. The molecular formula is C20H26FN3O2. The van der Waals surface area contributed by atoms with Crippen molar-refractivity contribution in [1.82, 2.24) is 15.1 Å². The molecule has 0 aliphatic rings. The van der Waals surface area contributed by atoms with Gasteiger partial charge in [0.1, 0.15) is 6.80 Å². The first kappa shape index (κ1) is 21.4. The van der Waals surface area contributed by atoms with Gasteiger partial charge in [0.05, 0.1) is 5.92 Å². The van der Waals surface area contributed by atoms with Crippen LogP contribution in [0.3, 0.4) is 0 Å². The zero-order valence-electron chi connectivity index (χ0n) is 15.3. The van der Waals surface area contributed by atoms with Crippen LogP contribution in [-0.2, 0) is 16.0 Å². The maximum Gasteiger partial charge on any atom is 0.227 e. The van der Waals surface area contributed by atoms with Gasteiger partial charge in [-0.25, -0.2) is 4.39 Å². The number of alkyl halides is 1. The van der Waals surface area contributed by atoms with Gasteiger partial charge >= 0.3 is 0 Å². The van der Waals surface area contributed by atoms with Gasteiger partial charge < -0.3 is 10.2 Å². The van der Waals surface area contributed by atoms with Crippen molar-refractivity contribution < 1.29 is 14.0 Å². The first-order chi connectivity index (χ1) is 12.5. The second-order valence-electron chi connectivity index (χ2n) is 6.11. The monoisotopic (exact) mass is 359 g/mol. The molecule has 2 amide bonds. The fourth-order valence-electron chi connectivity index (χ4n) is 2.32. The number of benzene rings is 1. The average molecular weight is 359 g/mol. The summed E-state index contributed by atoms with van der Waals surface area (Å²) in [5, 5.41) is 2.62. The highest BCUT2D eigenvalue weighted by Crippen LogP contribution is 2.14. The van der Waals surface area contributed by atoms with Crippen molar-refractivity contribution in [3.05, 3.63) is 48.2 Å². The number of hydrogen-bond acceptors (Lipinski definition) is 3. The Morgan fingerprint density at radius 1 is 1.27 bits per heavy atom. The number of likely N-dealkylation sites (N-methyl/N-ethyl adjacent to an activating group) is 2. The average Bonchev–Trinajstić information content (AvgIpc) is 2.66. The zero-order chi connectivity index (χ0) is 19.4. The molecule has 1 aromatic carbocycles. The molecule has 0 spiro atoms. The Kier molecular flexibility index (Phi) is 9.73. The lowest BCUT2D eigenvalue weighted by molar-refractivity contribution is -0.135. The van der Waals surface area contributed by atoms with Crippen molar-refractivity contribution in [1.29, 1.82) is 0 Å². The number of allylic oxidation sites excluding steroid dienone is 1. The summed E-state index contributed by atoms with van der Waals surface area (Å²) in [6, 6.07) is 9.52. The number of carbonyl (C=O) groups is 2. The van der Waals surface area contributed by atoms with Crippen LogP contribution in [-0.4, -0.2) is 55.6 Å². The molecule has 1 N–H and O–H groups in total. The molecule has 1 aromatic rings. The summed E-state index contributed by atoms with van der Waals surface area (Å²) >= 11 is 0. The minimum absolute atomic E-state index is 0.0699. The molecule has 0 bridgehead atoms. The summed E-state index contributed by atoms with van der Waals surface area (Å²) in [5.74, 6) is 1.36. The minimum atomic E-state index is -0.567. The fourth-order valence-corrected chi connectivity index (χ4v) is 2.32. The van der Waals surface area contributed by atoms with E-state index in [1.54, 1.807) is 14.1 Å². The molecule has 140 valence electrons. The highest BCUT2D eigenvalue weighted by atomic mass is 19.1. The number of amides is 2. The number of nitrogens with one attached hydrogen (secondary N) is 1. The van der Waals surface area contributed by atoms with E-state index in [1.165, 1.54) is 22.1 Å². The van der Waals surface area contributed by atoms with Crippen molar-refractivity contribution in [3.63, 3.8) is 0 Å². The number of rotatable bonds is 10. The first-order valence-corrected chi connectivity index (χ1v) is 8.41. The van der Waals surface area contributed by atoms with E-state index in [0.717, 1.165) is 5.56 Å². The number of hydrogen-bond donors (Lipinski definition) is 1. The molecule has 26 heavy (non-hydrogen) atoms. The van der Waals surface area contributed by atoms with Gasteiger partial charge in [-0.15, -0.1) is 6.42 Å². The molecule has 1 rings (SSSR count). The Morgan fingerprint density at radius 3 is 2.58 bits per heavy atom. The second-order valence-corrected chi connectivity index (χ2v) is 6.11. The Morgan fingerprint density at radius 2 is 1.96 bits per heavy atom. The van der Waals surface area contributed by atoms with Gasteiger partial charge in [0.25, 0.3) is 0 Å². The molecule has 6 heteroatoms. The Hall–Kier alpha value is -2.65. The maximum atomic E-state index is 12.5. The standard InChI is InChI=1S/C20H26FN3O2/c1-4-5-11-22-20(26)18(14-17-9-7-6-8-10-17)15-19(25)24(3)13-12-23(2)16-21/h1,5-11,18H,12-16H2,2-3H3,(H,22,26)/b11-5+/t18-/m1/s1. The Labute approximate surface area is 154 Å². The molecule has 0 aliphatic carbocycles. The van der Waals surface area contributed by atoms with Gasteiger partial charge in [-0.2, -0.15) is 0 Å². The van der Waals surface area contributed by atoms with Gasteiger partial charge in [-0.3, -0.25) is 14.5 Å². The number of terminal acetylenes is 1. The summed E-state index contributed by atoms with van der Waals surface area (Å²) in [7, 11) is 3.30. The van der Waals surface area contributed by atoms with Crippen molar-refractivity contribution in [2.24, 2.45) is 5.92 Å². The van der Waals surface area contributed by atoms with E-state index in [0.29, 0.717) is 19.5 Å². The normalized spacial score (nSPS) is 12.0. The van der Waals surface area contributed by atoms with E-state index < -0.39 is 12.7 Å². The van der Waals surface area contributed by atoms with E-state index in [9.17, 15) is 14.0 Å². The van der Waals surface area contributed by atoms with Crippen LogP contribution in [0.15, 0.2) is 42.6 Å². The van der Waals surface area contributed by atoms with Gasteiger partial charge in [0, 0.05) is 38.8 Å². The molecule has 0 saturated heterocycles. The number of nitrogens with zero attached hydrogens (tertiary/aromatic N) is 2. The fraction of sp³-hybridized carbons (Fsp3) is 0.400. The van der Waals surface area contributed by atoms with E-state index in [-0.39, 0.29) is 18.2 Å². The third kappa shape index (κ3) is 7.95. The Bertz CT molecular complexity index is 640. The van der Waals surface area contributed by atoms with Gasteiger partial charge in [0.15, 0.2) is 0 Å². The topological polar surface area (TPSA) is 52.7 Å². The van der Waals surface area contributed by atoms with Crippen LogP contribution in [0.4, 0.5) is 4.39 Å². The molecule has 0 heterocycles. The lowest BCUT2D eigenvalue weighted by Crippen LogP contribution is -2.38. The predicted molar refractivity (Wildman–Crippen MR) is 101 cm³/mol. The van der Waals surface area contributed by atoms with Gasteiger partial charge in [0.2, 0.25) is 11.8 Å². The highest BCUT2D eigenvalue weighted by Gasteiger charge is 2.23. The third-order valence-electron chi connectivity index (χ3n) is 3.97. The van der Waals surface area contributed by atoms with Gasteiger partial charge in [-0.05, 0) is 19.0 Å². The maximum absolute atomic E-state index is 12.5. The summed E-state index contributed by atoms with van der Waals surface area (Å²) in [6.07, 6.45) is 8.42. The lowest BCUT2D eigenvalue weighted by atomic mass is 9.94. The second kappa shape index (κ2) is 11.8. The molecule has 0 aliphatic heterocycles. The Balaban J connectivity index is 2.74. The molecule has 0 saturated carbocycles. The highest BCUT2D eigenvalue weighted by molar-refractivity contribution is 5.86. The molecule has 0 fully saturated rings.